The third-order valence-corrected chi connectivity index (χ3v) is 4.67. The Morgan fingerprint density at radius 1 is 1.17 bits per heavy atom. The molecule has 0 spiro atoms. The minimum absolute atomic E-state index is 0.00803. The lowest BCUT2D eigenvalue weighted by atomic mass is 9.95. The molecular formula is C21H23NO. The maximum Gasteiger partial charge on any atom is 0.252 e. The molecule has 2 aromatic carbocycles. The molecule has 0 saturated heterocycles. The lowest BCUT2D eigenvalue weighted by molar-refractivity contribution is 0.0939. The highest BCUT2D eigenvalue weighted by Gasteiger charge is 2.20. The largest absolute Gasteiger partial charge is 0.345 e. The van der Waals surface area contributed by atoms with Gasteiger partial charge in [-0.1, -0.05) is 55.0 Å². The number of nitrogens with one attached hydrogen (secondary N) is 1. The molecule has 2 aromatic rings. The second-order valence-corrected chi connectivity index (χ2v) is 6.51. The van der Waals surface area contributed by atoms with Gasteiger partial charge in [0.15, 0.2) is 0 Å². The van der Waals surface area contributed by atoms with Gasteiger partial charge >= 0.3 is 0 Å². The van der Waals surface area contributed by atoms with E-state index in [-0.39, 0.29) is 11.9 Å². The molecule has 1 amide bonds. The number of aryl methyl sites for hydroxylation is 2. The van der Waals surface area contributed by atoms with Crippen molar-refractivity contribution >= 4 is 12.0 Å². The van der Waals surface area contributed by atoms with Crippen molar-refractivity contribution in [1.29, 1.82) is 0 Å². The van der Waals surface area contributed by atoms with E-state index < -0.39 is 0 Å². The molecule has 0 heterocycles. The Labute approximate surface area is 138 Å². The predicted molar refractivity (Wildman–Crippen MR) is 95.7 cm³/mol. The van der Waals surface area contributed by atoms with Gasteiger partial charge in [0.05, 0.1) is 6.04 Å². The van der Waals surface area contributed by atoms with Crippen LogP contribution in [0.5, 0.6) is 0 Å². The van der Waals surface area contributed by atoms with Crippen LogP contribution in [0, 0.1) is 13.8 Å². The zero-order chi connectivity index (χ0) is 16.6. The van der Waals surface area contributed by atoms with Gasteiger partial charge in [0.2, 0.25) is 0 Å². The lowest BCUT2D eigenvalue weighted by Crippen LogP contribution is -2.27. The first-order valence-corrected chi connectivity index (χ1v) is 8.16. The van der Waals surface area contributed by atoms with Gasteiger partial charge in [-0.25, -0.2) is 0 Å². The highest BCUT2D eigenvalue weighted by Crippen LogP contribution is 2.34. The molecule has 0 saturated carbocycles. The number of carbonyl (C=O) groups is 1. The summed E-state index contributed by atoms with van der Waals surface area (Å²) in [6, 6.07) is 12.3. The number of hydrogen-bond acceptors (Lipinski definition) is 1. The molecule has 1 aliphatic rings. The third-order valence-electron chi connectivity index (χ3n) is 4.67. The van der Waals surface area contributed by atoms with Crippen molar-refractivity contribution in [3.8, 4) is 0 Å². The Kier molecular flexibility index (Phi) is 4.08. The van der Waals surface area contributed by atoms with Gasteiger partial charge < -0.3 is 5.32 Å². The summed E-state index contributed by atoms with van der Waals surface area (Å²) in [5, 5.41) is 3.15. The SMILES string of the molecule is Cc1ccc(C)c(C(=O)N[C@H](C)c2cccc3c2C=CC3C)c1. The number of carbonyl (C=O) groups excluding carboxylic acids is 1. The summed E-state index contributed by atoms with van der Waals surface area (Å²) < 4.78 is 0. The van der Waals surface area contributed by atoms with Crippen molar-refractivity contribution in [2.75, 3.05) is 0 Å². The smallest absolute Gasteiger partial charge is 0.252 e. The molecule has 0 radical (unpaired) electrons. The van der Waals surface area contributed by atoms with Crippen LogP contribution in [-0.4, -0.2) is 5.91 Å². The molecule has 0 fully saturated rings. The highest BCUT2D eigenvalue weighted by molar-refractivity contribution is 5.96. The van der Waals surface area contributed by atoms with Gasteiger partial charge in [-0.3, -0.25) is 4.79 Å². The molecule has 3 rings (SSSR count). The van der Waals surface area contributed by atoms with Gasteiger partial charge in [-0.05, 0) is 55.0 Å². The molecule has 1 N–H and O–H groups in total. The van der Waals surface area contributed by atoms with E-state index in [1.807, 2.05) is 32.0 Å². The Morgan fingerprint density at radius 3 is 2.74 bits per heavy atom. The molecule has 23 heavy (non-hydrogen) atoms. The Hall–Kier alpha value is -2.35. The van der Waals surface area contributed by atoms with Crippen LogP contribution in [0.2, 0.25) is 0 Å². The van der Waals surface area contributed by atoms with E-state index in [2.05, 4.69) is 49.5 Å². The normalized spacial score (nSPS) is 17.0. The molecule has 0 aliphatic heterocycles. The van der Waals surface area contributed by atoms with Gasteiger partial charge in [0.25, 0.3) is 5.91 Å². The number of amides is 1. The zero-order valence-electron chi connectivity index (χ0n) is 14.2. The van der Waals surface area contributed by atoms with E-state index >= 15 is 0 Å². The summed E-state index contributed by atoms with van der Waals surface area (Å²) in [5.41, 5.74) is 6.65. The molecular weight excluding hydrogens is 282 g/mol. The maximum atomic E-state index is 12.6. The quantitative estimate of drug-likeness (QED) is 0.856. The fraction of sp³-hybridized carbons (Fsp3) is 0.286. The maximum absolute atomic E-state index is 12.6. The van der Waals surface area contributed by atoms with Crippen LogP contribution in [-0.2, 0) is 0 Å². The van der Waals surface area contributed by atoms with Crippen LogP contribution < -0.4 is 5.32 Å². The first kappa shape index (κ1) is 15.5. The van der Waals surface area contributed by atoms with E-state index in [4.69, 9.17) is 0 Å². The third kappa shape index (κ3) is 2.94. The van der Waals surface area contributed by atoms with Crippen LogP contribution in [0.25, 0.3) is 6.08 Å². The topological polar surface area (TPSA) is 29.1 Å². The second kappa shape index (κ2) is 6.04. The Balaban J connectivity index is 1.85. The molecule has 2 nitrogen and oxygen atoms in total. The summed E-state index contributed by atoms with van der Waals surface area (Å²) in [5.74, 6) is 0.443. The molecule has 2 atom stereocenters. The number of rotatable bonds is 3. The van der Waals surface area contributed by atoms with Crippen molar-refractivity contribution < 1.29 is 4.79 Å². The fourth-order valence-corrected chi connectivity index (χ4v) is 3.25. The number of fused-ring (bicyclic) bond motifs is 1. The molecule has 0 bridgehead atoms. The van der Waals surface area contributed by atoms with E-state index in [0.29, 0.717) is 5.92 Å². The zero-order valence-corrected chi connectivity index (χ0v) is 14.2. The monoisotopic (exact) mass is 305 g/mol. The van der Waals surface area contributed by atoms with Crippen LogP contribution in [0.15, 0.2) is 42.5 Å². The van der Waals surface area contributed by atoms with E-state index in [1.54, 1.807) is 0 Å². The van der Waals surface area contributed by atoms with E-state index in [0.717, 1.165) is 16.7 Å². The van der Waals surface area contributed by atoms with Crippen LogP contribution in [0.4, 0.5) is 0 Å². The fourth-order valence-electron chi connectivity index (χ4n) is 3.25. The highest BCUT2D eigenvalue weighted by atomic mass is 16.1. The summed E-state index contributed by atoms with van der Waals surface area (Å²) in [6.07, 6.45) is 4.39. The second-order valence-electron chi connectivity index (χ2n) is 6.51. The molecule has 1 unspecified atom stereocenters. The summed E-state index contributed by atoms with van der Waals surface area (Å²) in [4.78, 5) is 12.6. The minimum atomic E-state index is -0.0210. The number of hydrogen-bond donors (Lipinski definition) is 1. The van der Waals surface area contributed by atoms with E-state index in [1.165, 1.54) is 16.7 Å². The Bertz CT molecular complexity index is 788. The van der Waals surface area contributed by atoms with Gasteiger partial charge in [0.1, 0.15) is 0 Å². The Morgan fingerprint density at radius 2 is 1.96 bits per heavy atom. The number of benzene rings is 2. The minimum Gasteiger partial charge on any atom is -0.345 e. The summed E-state index contributed by atoms with van der Waals surface area (Å²) in [6.45, 7) is 8.24. The summed E-state index contributed by atoms with van der Waals surface area (Å²) >= 11 is 0. The van der Waals surface area contributed by atoms with Crippen LogP contribution >= 0.6 is 0 Å². The van der Waals surface area contributed by atoms with Gasteiger partial charge in [-0.15, -0.1) is 0 Å². The van der Waals surface area contributed by atoms with Crippen molar-refractivity contribution in [2.45, 2.75) is 39.7 Å². The molecule has 1 aliphatic carbocycles. The number of allylic oxidation sites excluding steroid dienone is 1. The van der Waals surface area contributed by atoms with E-state index in [9.17, 15) is 4.79 Å². The van der Waals surface area contributed by atoms with Gasteiger partial charge in [0, 0.05) is 5.56 Å². The average Bonchev–Trinajstić information content (AvgIpc) is 2.91. The lowest BCUT2D eigenvalue weighted by Gasteiger charge is -2.19. The van der Waals surface area contributed by atoms with Crippen LogP contribution in [0.1, 0.15) is 64.0 Å². The van der Waals surface area contributed by atoms with Crippen molar-refractivity contribution in [2.24, 2.45) is 0 Å². The predicted octanol–water partition coefficient (Wildman–Crippen LogP) is 4.92. The molecule has 0 aromatic heterocycles. The first-order valence-electron chi connectivity index (χ1n) is 8.16. The molecule has 118 valence electrons. The standard InChI is InChI=1S/C21H23NO/c1-13-8-9-15(3)20(12-13)21(23)22-16(4)18-7-5-6-17-14(2)10-11-19(17)18/h5-12,14,16H,1-4H3,(H,22,23)/t14?,16-/m1/s1. The first-order chi connectivity index (χ1) is 11.0. The average molecular weight is 305 g/mol. The molecule has 2 heteroatoms. The van der Waals surface area contributed by atoms with Crippen LogP contribution in [0.3, 0.4) is 0 Å². The van der Waals surface area contributed by atoms with Crippen molar-refractivity contribution in [1.82, 2.24) is 5.32 Å². The summed E-state index contributed by atoms with van der Waals surface area (Å²) in [7, 11) is 0. The van der Waals surface area contributed by atoms with Crippen molar-refractivity contribution in [3.63, 3.8) is 0 Å². The van der Waals surface area contributed by atoms with Crippen molar-refractivity contribution in [3.05, 3.63) is 75.9 Å². The van der Waals surface area contributed by atoms with Gasteiger partial charge in [-0.2, -0.15) is 0 Å².